The lowest BCUT2D eigenvalue weighted by molar-refractivity contribution is -0.138. The number of carbonyl (C=O) groups excluding carboxylic acids is 3. The Morgan fingerprint density at radius 2 is 1.64 bits per heavy atom. The second kappa shape index (κ2) is 14.4. The van der Waals surface area contributed by atoms with Crippen LogP contribution in [-0.2, 0) is 15.8 Å². The molecular formula is C36H38F3N5O3. The van der Waals surface area contributed by atoms with Crippen molar-refractivity contribution in [1.82, 2.24) is 15.1 Å². The maximum atomic E-state index is 13.4. The van der Waals surface area contributed by atoms with Crippen LogP contribution >= 0.6 is 0 Å². The molecule has 1 saturated heterocycles. The van der Waals surface area contributed by atoms with Crippen LogP contribution in [0.5, 0.6) is 0 Å². The molecule has 246 valence electrons. The van der Waals surface area contributed by atoms with Gasteiger partial charge in [-0.05, 0) is 74.2 Å². The molecule has 4 amide bonds. The molecule has 0 bridgehead atoms. The molecule has 3 aromatic carbocycles. The topological polar surface area (TPSA) is 96.8 Å². The number of imide groups is 1. The highest BCUT2D eigenvalue weighted by molar-refractivity contribution is 6.32. The minimum absolute atomic E-state index is 0.0619. The van der Waals surface area contributed by atoms with Crippen LogP contribution in [0.2, 0.25) is 0 Å². The van der Waals surface area contributed by atoms with Crippen LogP contribution in [0, 0.1) is 11.3 Å². The Labute approximate surface area is 272 Å². The third-order valence-corrected chi connectivity index (χ3v) is 9.07. The number of anilines is 1. The highest BCUT2D eigenvalue weighted by Crippen LogP contribution is 2.37. The van der Waals surface area contributed by atoms with E-state index in [1.165, 1.54) is 19.1 Å². The molecule has 2 aliphatic rings. The molecule has 2 heterocycles. The minimum Gasteiger partial charge on any atom is -0.331 e. The molecule has 1 atom stereocenters. The number of fused-ring (bicyclic) bond motifs is 1. The molecule has 0 aliphatic carbocycles. The molecule has 11 heteroatoms. The fraction of sp³-hybridized carbons (Fsp3) is 0.389. The third-order valence-electron chi connectivity index (χ3n) is 9.07. The molecular weight excluding hydrogens is 607 g/mol. The second-order valence-corrected chi connectivity index (χ2v) is 12.1. The molecule has 5 rings (SSSR count). The number of hydrogen-bond acceptors (Lipinski definition) is 5. The van der Waals surface area contributed by atoms with Gasteiger partial charge in [-0.1, -0.05) is 55.3 Å². The van der Waals surface area contributed by atoms with E-state index in [1.54, 1.807) is 0 Å². The van der Waals surface area contributed by atoms with Crippen molar-refractivity contribution in [2.24, 2.45) is 0 Å². The molecule has 2 aliphatic heterocycles. The average Bonchev–Trinajstić information content (AvgIpc) is 3.28. The predicted octanol–water partition coefficient (Wildman–Crippen LogP) is 6.96. The zero-order chi connectivity index (χ0) is 33.7. The van der Waals surface area contributed by atoms with Gasteiger partial charge in [-0.15, -0.1) is 0 Å². The van der Waals surface area contributed by atoms with E-state index in [-0.39, 0.29) is 23.3 Å². The molecule has 1 fully saturated rings. The summed E-state index contributed by atoms with van der Waals surface area (Å²) in [4.78, 5) is 43.9. The smallest absolute Gasteiger partial charge is 0.331 e. The van der Waals surface area contributed by atoms with Crippen LogP contribution in [0.25, 0.3) is 10.8 Å². The van der Waals surface area contributed by atoms with Crippen LogP contribution in [-0.4, -0.2) is 60.4 Å². The van der Waals surface area contributed by atoms with E-state index in [4.69, 9.17) is 5.26 Å². The third kappa shape index (κ3) is 7.49. The highest BCUT2D eigenvalue weighted by atomic mass is 19.4. The van der Waals surface area contributed by atoms with Crippen molar-refractivity contribution in [3.8, 4) is 6.07 Å². The van der Waals surface area contributed by atoms with Crippen LogP contribution < -0.4 is 10.2 Å². The summed E-state index contributed by atoms with van der Waals surface area (Å²) in [5, 5.41) is 14.5. The number of halogens is 3. The SMILES string of the molecule is CC1=C(CCCCCCN2CCN(C(=O)N[C@H](C)c3cccc4ccccc34)CC2)C(=O)N(c2ccc(C#N)c(C(F)(F)F)c2)C1=O. The van der Waals surface area contributed by atoms with Crippen molar-refractivity contribution < 1.29 is 27.6 Å². The summed E-state index contributed by atoms with van der Waals surface area (Å²) in [5.74, 6) is -1.25. The number of hydrogen-bond donors (Lipinski definition) is 1. The normalized spacial score (nSPS) is 16.6. The Bertz CT molecular complexity index is 1730. The number of benzene rings is 3. The maximum absolute atomic E-state index is 13.4. The molecule has 0 radical (unpaired) electrons. The number of nitriles is 1. The highest BCUT2D eigenvalue weighted by Gasteiger charge is 2.39. The van der Waals surface area contributed by atoms with Gasteiger partial charge in [0.2, 0.25) is 0 Å². The average molecular weight is 646 g/mol. The summed E-state index contributed by atoms with van der Waals surface area (Å²) in [6.45, 7) is 7.31. The predicted molar refractivity (Wildman–Crippen MR) is 173 cm³/mol. The van der Waals surface area contributed by atoms with Gasteiger partial charge in [0.25, 0.3) is 11.8 Å². The Morgan fingerprint density at radius 3 is 2.36 bits per heavy atom. The molecule has 0 unspecified atom stereocenters. The first-order chi connectivity index (χ1) is 22.5. The van der Waals surface area contributed by atoms with Gasteiger partial charge in [0.15, 0.2) is 0 Å². The number of nitrogens with one attached hydrogen (secondary N) is 1. The van der Waals surface area contributed by atoms with E-state index >= 15 is 0 Å². The fourth-order valence-corrected chi connectivity index (χ4v) is 6.36. The Morgan fingerprint density at radius 1 is 0.936 bits per heavy atom. The number of unbranched alkanes of at least 4 members (excludes halogenated alkanes) is 3. The zero-order valence-electron chi connectivity index (χ0n) is 26.6. The van der Waals surface area contributed by atoms with E-state index in [2.05, 4.69) is 34.5 Å². The van der Waals surface area contributed by atoms with E-state index in [0.717, 1.165) is 66.2 Å². The molecule has 3 aromatic rings. The lowest BCUT2D eigenvalue weighted by Crippen LogP contribution is -2.52. The van der Waals surface area contributed by atoms with Gasteiger partial charge in [0.1, 0.15) is 0 Å². The summed E-state index contributed by atoms with van der Waals surface area (Å²) in [6.07, 6.45) is -1.05. The van der Waals surface area contributed by atoms with Gasteiger partial charge in [0, 0.05) is 37.3 Å². The van der Waals surface area contributed by atoms with Crippen LogP contribution in [0.4, 0.5) is 23.7 Å². The maximum Gasteiger partial charge on any atom is 0.417 e. The molecule has 47 heavy (non-hydrogen) atoms. The Balaban J connectivity index is 1.02. The van der Waals surface area contributed by atoms with Crippen molar-refractivity contribution >= 4 is 34.3 Å². The largest absolute Gasteiger partial charge is 0.417 e. The van der Waals surface area contributed by atoms with Crippen LogP contribution in [0.3, 0.4) is 0 Å². The van der Waals surface area contributed by atoms with Crippen LogP contribution in [0.1, 0.15) is 68.7 Å². The lowest BCUT2D eigenvalue weighted by Gasteiger charge is -2.35. The van der Waals surface area contributed by atoms with Gasteiger partial charge in [-0.25, -0.2) is 9.69 Å². The molecule has 0 saturated carbocycles. The summed E-state index contributed by atoms with van der Waals surface area (Å²) < 4.78 is 40.3. The Kier molecular flexibility index (Phi) is 10.3. The first-order valence-electron chi connectivity index (χ1n) is 15.9. The number of nitrogens with zero attached hydrogens (tertiary/aromatic N) is 4. The number of carbonyl (C=O) groups is 3. The van der Waals surface area contributed by atoms with Gasteiger partial charge in [0.05, 0.1) is 28.9 Å². The van der Waals surface area contributed by atoms with Gasteiger partial charge < -0.3 is 10.2 Å². The summed E-state index contributed by atoms with van der Waals surface area (Å²) in [5.41, 5.74) is -0.301. The van der Waals surface area contributed by atoms with Gasteiger partial charge in [-0.2, -0.15) is 18.4 Å². The van der Waals surface area contributed by atoms with Crippen molar-refractivity contribution in [3.63, 3.8) is 0 Å². The van der Waals surface area contributed by atoms with Crippen molar-refractivity contribution in [2.75, 3.05) is 37.6 Å². The number of piperazine rings is 1. The number of rotatable bonds is 10. The van der Waals surface area contributed by atoms with E-state index in [1.807, 2.05) is 30.0 Å². The van der Waals surface area contributed by atoms with Gasteiger partial charge >= 0.3 is 12.2 Å². The van der Waals surface area contributed by atoms with Crippen LogP contribution in [0.15, 0.2) is 71.8 Å². The second-order valence-electron chi connectivity index (χ2n) is 12.1. The first-order valence-corrected chi connectivity index (χ1v) is 15.9. The minimum atomic E-state index is -4.79. The summed E-state index contributed by atoms with van der Waals surface area (Å²) in [6, 6.07) is 18.5. The van der Waals surface area contributed by atoms with Crippen molar-refractivity contribution in [2.45, 2.75) is 58.2 Å². The summed E-state index contributed by atoms with van der Waals surface area (Å²) in [7, 11) is 0. The van der Waals surface area contributed by atoms with E-state index < -0.39 is 29.1 Å². The number of urea groups is 1. The fourth-order valence-electron chi connectivity index (χ4n) is 6.36. The Hall–Kier alpha value is -4.69. The number of amides is 4. The monoisotopic (exact) mass is 645 g/mol. The first kappa shape index (κ1) is 33.7. The quantitative estimate of drug-likeness (QED) is 0.190. The molecule has 8 nitrogen and oxygen atoms in total. The van der Waals surface area contributed by atoms with Crippen molar-refractivity contribution in [1.29, 1.82) is 5.26 Å². The standard InChI is InChI=1S/C36H38F3N5O3/c1-24-29(34(46)44(33(24)45)28-16-15-27(23-40)32(22-28)36(37,38)39)12-5-3-4-8-17-42-18-20-43(21-19-42)35(47)41-25(2)30-14-9-11-26-10-6-7-13-31(26)30/h6-7,9-11,13-16,22,25H,3-5,8,12,17-21H2,1-2H3,(H,41,47)/t25-/m1/s1. The van der Waals surface area contributed by atoms with E-state index in [0.29, 0.717) is 37.6 Å². The summed E-state index contributed by atoms with van der Waals surface area (Å²) >= 11 is 0. The molecule has 0 aromatic heterocycles. The lowest BCUT2D eigenvalue weighted by atomic mass is 10.00. The van der Waals surface area contributed by atoms with E-state index in [9.17, 15) is 27.6 Å². The van der Waals surface area contributed by atoms with Gasteiger partial charge in [-0.3, -0.25) is 14.5 Å². The van der Waals surface area contributed by atoms with Crippen molar-refractivity contribution in [3.05, 3.63) is 88.5 Å². The molecule has 1 N–H and O–H groups in total. The zero-order valence-corrected chi connectivity index (χ0v) is 26.6. The number of alkyl halides is 3. The molecule has 0 spiro atoms.